The van der Waals surface area contributed by atoms with Gasteiger partial charge in [-0.1, -0.05) is 75.8 Å². The molecule has 0 heterocycles. The lowest BCUT2D eigenvalue weighted by Crippen LogP contribution is -2.63. The van der Waals surface area contributed by atoms with E-state index in [1.807, 2.05) is 6.92 Å². The van der Waals surface area contributed by atoms with Gasteiger partial charge in [-0.2, -0.15) is 26.3 Å². The van der Waals surface area contributed by atoms with Gasteiger partial charge in [-0.25, -0.2) is 0 Å². The highest BCUT2D eigenvalue weighted by Crippen LogP contribution is 2.50. The molecule has 1 atom stereocenters. The maximum Gasteiger partial charge on any atom is 0.427 e. The van der Waals surface area contributed by atoms with Crippen LogP contribution in [0.4, 0.5) is 26.3 Å². The number of ketones is 1. The van der Waals surface area contributed by atoms with Gasteiger partial charge in [0.25, 0.3) is 5.60 Å². The summed E-state index contributed by atoms with van der Waals surface area (Å²) in [5, 5.41) is 9.75. The van der Waals surface area contributed by atoms with E-state index in [0.717, 1.165) is 31.4 Å². The number of halogens is 6. The topological polar surface area (TPSA) is 37.3 Å². The first-order chi connectivity index (χ1) is 12.5. The normalized spacial score (nSPS) is 14.2. The highest BCUT2D eigenvalue weighted by molar-refractivity contribution is 5.98. The summed E-state index contributed by atoms with van der Waals surface area (Å²) in [6, 6.07) is 6.46. The van der Waals surface area contributed by atoms with Gasteiger partial charge in [0.05, 0.1) is 5.92 Å². The average molecular weight is 398 g/mol. The quantitative estimate of drug-likeness (QED) is 0.294. The monoisotopic (exact) mass is 398 g/mol. The molecule has 2 nitrogen and oxygen atoms in total. The van der Waals surface area contributed by atoms with E-state index in [1.54, 1.807) is 0 Å². The Morgan fingerprint density at radius 3 is 1.85 bits per heavy atom. The minimum Gasteiger partial charge on any atom is -0.373 e. The molecule has 0 saturated heterocycles. The first-order valence-electron chi connectivity index (χ1n) is 8.92. The SMILES string of the molecule is CCCCCCCCC(C(=O)c1ccccc1)C(O)(C(F)(F)F)C(F)(F)F. The van der Waals surface area contributed by atoms with E-state index in [0.29, 0.717) is 12.8 Å². The third-order valence-electron chi connectivity index (χ3n) is 4.59. The van der Waals surface area contributed by atoms with Crippen molar-refractivity contribution in [3.05, 3.63) is 35.9 Å². The van der Waals surface area contributed by atoms with Crippen molar-refractivity contribution < 1.29 is 36.2 Å². The Labute approximate surface area is 154 Å². The van der Waals surface area contributed by atoms with Crippen molar-refractivity contribution in [1.82, 2.24) is 0 Å². The lowest BCUT2D eigenvalue weighted by Gasteiger charge is -2.38. The molecule has 0 amide bonds. The van der Waals surface area contributed by atoms with E-state index in [9.17, 15) is 36.2 Å². The van der Waals surface area contributed by atoms with Gasteiger partial charge >= 0.3 is 12.4 Å². The third-order valence-corrected chi connectivity index (χ3v) is 4.59. The molecule has 0 aliphatic rings. The Morgan fingerprint density at radius 2 is 1.37 bits per heavy atom. The van der Waals surface area contributed by atoms with Crippen LogP contribution in [0.3, 0.4) is 0 Å². The molecule has 0 saturated carbocycles. The lowest BCUT2D eigenvalue weighted by molar-refractivity contribution is -0.379. The molecule has 0 aliphatic carbocycles. The molecule has 1 unspecified atom stereocenters. The van der Waals surface area contributed by atoms with Crippen LogP contribution in [0, 0.1) is 5.92 Å². The summed E-state index contributed by atoms with van der Waals surface area (Å²) in [5.41, 5.74) is -5.38. The van der Waals surface area contributed by atoms with Crippen LogP contribution in [0.5, 0.6) is 0 Å². The van der Waals surface area contributed by atoms with Gasteiger partial charge in [0.15, 0.2) is 5.78 Å². The average Bonchev–Trinajstić information content (AvgIpc) is 2.59. The number of unbranched alkanes of at least 4 members (excludes halogenated alkanes) is 5. The van der Waals surface area contributed by atoms with Gasteiger partial charge < -0.3 is 5.11 Å². The number of aliphatic hydroxyl groups is 1. The number of carbonyl (C=O) groups excluding carboxylic acids is 1. The van der Waals surface area contributed by atoms with Gasteiger partial charge in [0, 0.05) is 5.56 Å². The molecule has 0 fully saturated rings. The number of benzene rings is 1. The summed E-state index contributed by atoms with van der Waals surface area (Å²) >= 11 is 0. The molecule has 1 aromatic carbocycles. The summed E-state index contributed by atoms with van der Waals surface area (Å²) < 4.78 is 79.7. The summed E-state index contributed by atoms with van der Waals surface area (Å²) in [6.07, 6.45) is -9.04. The van der Waals surface area contributed by atoms with Gasteiger partial charge in [-0.15, -0.1) is 0 Å². The van der Waals surface area contributed by atoms with Crippen molar-refractivity contribution in [2.24, 2.45) is 5.92 Å². The van der Waals surface area contributed by atoms with Gasteiger partial charge in [-0.05, 0) is 6.42 Å². The van der Waals surface area contributed by atoms with Crippen molar-refractivity contribution in [2.75, 3.05) is 0 Å². The molecule has 0 aromatic heterocycles. The highest BCUT2D eigenvalue weighted by Gasteiger charge is 2.74. The number of carbonyl (C=O) groups is 1. The van der Waals surface area contributed by atoms with Crippen LogP contribution in [0.15, 0.2) is 30.3 Å². The van der Waals surface area contributed by atoms with E-state index < -0.39 is 36.1 Å². The minimum absolute atomic E-state index is 0.0125. The highest BCUT2D eigenvalue weighted by atomic mass is 19.4. The fourth-order valence-corrected chi connectivity index (χ4v) is 3.02. The molecule has 1 N–H and O–H groups in total. The molecular weight excluding hydrogens is 374 g/mol. The van der Waals surface area contributed by atoms with E-state index in [-0.39, 0.29) is 12.0 Å². The van der Waals surface area contributed by atoms with E-state index in [4.69, 9.17) is 0 Å². The number of alkyl halides is 6. The Hall–Kier alpha value is -1.57. The van der Waals surface area contributed by atoms with Crippen LogP contribution in [0.1, 0.15) is 62.2 Å². The molecule has 0 spiro atoms. The van der Waals surface area contributed by atoms with Crippen molar-refractivity contribution in [1.29, 1.82) is 0 Å². The Morgan fingerprint density at radius 1 is 0.889 bits per heavy atom. The Bertz CT molecular complexity index is 566. The van der Waals surface area contributed by atoms with Gasteiger partial charge in [0.2, 0.25) is 0 Å². The molecule has 0 aliphatic heterocycles. The van der Waals surface area contributed by atoms with E-state index in [2.05, 4.69) is 0 Å². The summed E-state index contributed by atoms with van der Waals surface area (Å²) in [6.45, 7) is 1.97. The fraction of sp³-hybridized carbons (Fsp3) is 0.632. The first kappa shape index (κ1) is 23.5. The van der Waals surface area contributed by atoms with Gasteiger partial charge in [0.1, 0.15) is 0 Å². The van der Waals surface area contributed by atoms with Crippen LogP contribution in [0.2, 0.25) is 0 Å². The Balaban J connectivity index is 3.14. The molecule has 1 rings (SSSR count). The largest absolute Gasteiger partial charge is 0.427 e. The summed E-state index contributed by atoms with van der Waals surface area (Å²) in [4.78, 5) is 12.5. The van der Waals surface area contributed by atoms with Crippen molar-refractivity contribution in [2.45, 2.75) is 69.8 Å². The number of Topliss-reactive ketones (excluding diaryl/α,β-unsaturated/α-hetero) is 1. The van der Waals surface area contributed by atoms with E-state index >= 15 is 0 Å². The zero-order chi connectivity index (χ0) is 20.7. The lowest BCUT2D eigenvalue weighted by atomic mass is 9.77. The Kier molecular flexibility index (Phi) is 8.32. The number of hydrogen-bond donors (Lipinski definition) is 1. The van der Waals surface area contributed by atoms with Crippen molar-refractivity contribution in [3.8, 4) is 0 Å². The van der Waals surface area contributed by atoms with Crippen LogP contribution in [-0.2, 0) is 0 Å². The molecular formula is C19H24F6O2. The molecule has 154 valence electrons. The molecule has 1 aromatic rings. The molecule has 0 bridgehead atoms. The van der Waals surface area contributed by atoms with E-state index in [1.165, 1.54) is 18.2 Å². The number of rotatable bonds is 10. The minimum atomic E-state index is -6.03. The van der Waals surface area contributed by atoms with Crippen LogP contribution >= 0.6 is 0 Å². The summed E-state index contributed by atoms with van der Waals surface area (Å²) in [7, 11) is 0. The maximum atomic E-state index is 13.3. The summed E-state index contributed by atoms with van der Waals surface area (Å²) in [5.74, 6) is -4.01. The molecule has 27 heavy (non-hydrogen) atoms. The van der Waals surface area contributed by atoms with Crippen LogP contribution < -0.4 is 0 Å². The van der Waals surface area contributed by atoms with Crippen molar-refractivity contribution in [3.63, 3.8) is 0 Å². The maximum absolute atomic E-state index is 13.3. The van der Waals surface area contributed by atoms with Crippen LogP contribution in [-0.4, -0.2) is 28.8 Å². The van der Waals surface area contributed by atoms with Gasteiger partial charge in [-0.3, -0.25) is 4.79 Å². The molecule has 0 radical (unpaired) electrons. The van der Waals surface area contributed by atoms with Crippen LogP contribution in [0.25, 0.3) is 0 Å². The first-order valence-corrected chi connectivity index (χ1v) is 8.92. The second-order valence-corrected chi connectivity index (χ2v) is 6.60. The smallest absolute Gasteiger partial charge is 0.373 e. The molecule has 8 heteroatoms. The predicted octanol–water partition coefficient (Wildman–Crippen LogP) is 6.09. The number of hydrogen-bond acceptors (Lipinski definition) is 2. The second kappa shape index (κ2) is 9.57. The predicted molar refractivity (Wildman–Crippen MR) is 89.3 cm³/mol. The standard InChI is InChI=1S/C19H24F6O2/c1-2-3-4-5-6-10-13-15(16(26)14-11-8-7-9-12-14)17(27,18(20,21)22)19(23,24)25/h7-9,11-12,15,27H,2-6,10,13H2,1H3. The zero-order valence-electron chi connectivity index (χ0n) is 15.0. The zero-order valence-corrected chi connectivity index (χ0v) is 15.0. The fourth-order valence-electron chi connectivity index (χ4n) is 3.02. The second-order valence-electron chi connectivity index (χ2n) is 6.60. The third kappa shape index (κ3) is 5.70. The van der Waals surface area contributed by atoms with Crippen molar-refractivity contribution >= 4 is 5.78 Å².